The average Bonchev–Trinajstić information content (AvgIpc) is 1.85. The summed E-state index contributed by atoms with van der Waals surface area (Å²) in [7, 11) is 0. The largest absolute Gasteiger partial charge is 0.339 e. The molecule has 1 aliphatic rings. The normalized spacial score (nSPS) is 40.7. The summed E-state index contributed by atoms with van der Waals surface area (Å²) in [5, 5.41) is 0. The summed E-state index contributed by atoms with van der Waals surface area (Å²) in [6.45, 7) is 4.01. The summed E-state index contributed by atoms with van der Waals surface area (Å²) >= 11 is 0. The molecule has 1 fully saturated rings. The lowest BCUT2D eigenvalue weighted by Gasteiger charge is -2.29. The molecule has 1 unspecified atom stereocenters. The zero-order valence-electron chi connectivity index (χ0n) is 6.33. The Labute approximate surface area is 61.5 Å². The summed E-state index contributed by atoms with van der Waals surface area (Å²) in [6.07, 6.45) is 6.08. The maximum absolute atomic E-state index is 5.25. The van der Waals surface area contributed by atoms with E-state index in [1.165, 1.54) is 0 Å². The monoisotopic (exact) mass is 140 g/mol. The Hall–Kier alpha value is -0.520. The first-order valence-electron chi connectivity index (χ1n) is 3.49. The molecule has 0 aromatic heterocycles. The molecule has 0 aliphatic carbocycles. The molecule has 10 heavy (non-hydrogen) atoms. The van der Waals surface area contributed by atoms with E-state index in [0.717, 1.165) is 6.42 Å². The first-order chi connectivity index (χ1) is 4.72. The second-order valence-corrected chi connectivity index (χ2v) is 2.63. The molecule has 0 aromatic carbocycles. The summed E-state index contributed by atoms with van der Waals surface area (Å²) in [6, 6.07) is 0. The highest BCUT2D eigenvalue weighted by molar-refractivity contribution is 4.91. The van der Waals surface area contributed by atoms with Crippen molar-refractivity contribution in [3.63, 3.8) is 0 Å². The molecule has 0 N–H and O–H groups in total. The maximum atomic E-state index is 5.25. The minimum absolute atomic E-state index is 0.227. The van der Waals surface area contributed by atoms with E-state index < -0.39 is 6.29 Å². The summed E-state index contributed by atoms with van der Waals surface area (Å²) in [4.78, 5) is 0. The number of rotatable bonds is 0. The Morgan fingerprint density at radius 1 is 1.30 bits per heavy atom. The van der Waals surface area contributed by atoms with Crippen LogP contribution in [0.5, 0.6) is 0 Å². The predicted octanol–water partition coefficient (Wildman–Crippen LogP) is 1.16. The molecule has 0 aromatic rings. The van der Waals surface area contributed by atoms with Crippen molar-refractivity contribution < 1.29 is 9.47 Å². The lowest BCUT2D eigenvalue weighted by molar-refractivity contribution is -0.204. The van der Waals surface area contributed by atoms with Crippen LogP contribution in [0.3, 0.4) is 0 Å². The van der Waals surface area contributed by atoms with Crippen LogP contribution in [0, 0.1) is 12.3 Å². The molecule has 2 heteroatoms. The highest BCUT2D eigenvalue weighted by Gasteiger charge is 2.22. The molecular weight excluding hydrogens is 128 g/mol. The van der Waals surface area contributed by atoms with Gasteiger partial charge in [0.2, 0.25) is 6.29 Å². The van der Waals surface area contributed by atoms with Gasteiger partial charge in [-0.05, 0) is 26.2 Å². The fourth-order valence-corrected chi connectivity index (χ4v) is 1.11. The van der Waals surface area contributed by atoms with Crippen LogP contribution in [0.1, 0.15) is 20.3 Å². The smallest absolute Gasteiger partial charge is 0.222 e. The van der Waals surface area contributed by atoms with Gasteiger partial charge in [0.1, 0.15) is 0 Å². The second kappa shape index (κ2) is 3.05. The first kappa shape index (κ1) is 7.59. The molecule has 0 saturated carbocycles. The van der Waals surface area contributed by atoms with E-state index in [1.54, 1.807) is 0 Å². The Bertz CT molecular complexity index is 138. The maximum Gasteiger partial charge on any atom is 0.222 e. The second-order valence-electron chi connectivity index (χ2n) is 2.63. The van der Waals surface area contributed by atoms with Crippen LogP contribution in [0.15, 0.2) is 0 Å². The van der Waals surface area contributed by atoms with Gasteiger partial charge in [-0.15, -0.1) is 6.42 Å². The third-order valence-corrected chi connectivity index (χ3v) is 1.51. The van der Waals surface area contributed by atoms with Crippen LogP contribution in [0.2, 0.25) is 0 Å². The highest BCUT2D eigenvalue weighted by Crippen LogP contribution is 2.16. The van der Waals surface area contributed by atoms with Crippen molar-refractivity contribution in [2.45, 2.75) is 38.8 Å². The molecule has 0 spiro atoms. The van der Waals surface area contributed by atoms with Crippen molar-refractivity contribution in [1.82, 2.24) is 0 Å². The van der Waals surface area contributed by atoms with E-state index in [-0.39, 0.29) is 12.2 Å². The molecule has 0 amide bonds. The molecule has 1 rings (SSSR count). The van der Waals surface area contributed by atoms with Crippen LogP contribution >= 0.6 is 0 Å². The molecule has 0 bridgehead atoms. The molecule has 1 aliphatic heterocycles. The summed E-state index contributed by atoms with van der Waals surface area (Å²) in [5.41, 5.74) is 0. The third kappa shape index (κ3) is 1.73. The number of hydrogen-bond acceptors (Lipinski definition) is 2. The lowest BCUT2D eigenvalue weighted by atomic mass is 10.2. The zero-order chi connectivity index (χ0) is 7.56. The van der Waals surface area contributed by atoms with Crippen LogP contribution in [-0.4, -0.2) is 18.5 Å². The van der Waals surface area contributed by atoms with Crippen LogP contribution in [-0.2, 0) is 9.47 Å². The van der Waals surface area contributed by atoms with Gasteiger partial charge in [-0.2, -0.15) is 0 Å². The number of terminal acetylenes is 1. The Balaban J connectivity index is 2.44. The molecular formula is C8H12O2. The van der Waals surface area contributed by atoms with E-state index in [4.69, 9.17) is 15.9 Å². The fraction of sp³-hybridized carbons (Fsp3) is 0.750. The van der Waals surface area contributed by atoms with Gasteiger partial charge in [0, 0.05) is 0 Å². The van der Waals surface area contributed by atoms with E-state index in [1.807, 2.05) is 13.8 Å². The van der Waals surface area contributed by atoms with Crippen LogP contribution in [0.4, 0.5) is 0 Å². The standard InChI is InChI=1S/C8H12O2/c1-4-8-9-6(2)5-7(3)10-8/h1,6-8H,5H2,2-3H3/t6-,7+,8?. The molecule has 56 valence electrons. The van der Waals surface area contributed by atoms with Gasteiger partial charge in [-0.3, -0.25) is 0 Å². The molecule has 1 heterocycles. The van der Waals surface area contributed by atoms with Crippen molar-refractivity contribution in [1.29, 1.82) is 0 Å². The van der Waals surface area contributed by atoms with Gasteiger partial charge in [0.05, 0.1) is 12.2 Å². The van der Waals surface area contributed by atoms with Crippen LogP contribution in [0.25, 0.3) is 0 Å². The van der Waals surface area contributed by atoms with Crippen molar-refractivity contribution in [2.75, 3.05) is 0 Å². The zero-order valence-corrected chi connectivity index (χ0v) is 6.33. The van der Waals surface area contributed by atoms with Gasteiger partial charge in [-0.25, -0.2) is 0 Å². The van der Waals surface area contributed by atoms with Crippen molar-refractivity contribution >= 4 is 0 Å². The Kier molecular flexibility index (Phi) is 2.31. The Morgan fingerprint density at radius 3 is 2.20 bits per heavy atom. The quantitative estimate of drug-likeness (QED) is 0.470. The topological polar surface area (TPSA) is 18.5 Å². The molecule has 3 atom stereocenters. The first-order valence-corrected chi connectivity index (χ1v) is 3.49. The van der Waals surface area contributed by atoms with Gasteiger partial charge < -0.3 is 9.47 Å². The highest BCUT2D eigenvalue weighted by atomic mass is 16.7. The lowest BCUT2D eigenvalue weighted by Crippen LogP contribution is -2.34. The van der Waals surface area contributed by atoms with E-state index >= 15 is 0 Å². The van der Waals surface area contributed by atoms with E-state index in [9.17, 15) is 0 Å². The third-order valence-electron chi connectivity index (χ3n) is 1.51. The van der Waals surface area contributed by atoms with E-state index in [2.05, 4.69) is 5.92 Å². The van der Waals surface area contributed by atoms with E-state index in [0.29, 0.717) is 0 Å². The predicted molar refractivity (Wildman–Crippen MR) is 38.3 cm³/mol. The van der Waals surface area contributed by atoms with Crippen LogP contribution < -0.4 is 0 Å². The number of hydrogen-bond donors (Lipinski definition) is 0. The minimum Gasteiger partial charge on any atom is -0.339 e. The molecule has 0 radical (unpaired) electrons. The summed E-state index contributed by atoms with van der Waals surface area (Å²) in [5.74, 6) is 2.42. The number of ether oxygens (including phenoxy) is 2. The minimum atomic E-state index is -0.432. The SMILES string of the molecule is C#CC1O[C@H](C)C[C@H](C)O1. The fourth-order valence-electron chi connectivity index (χ4n) is 1.11. The van der Waals surface area contributed by atoms with Gasteiger partial charge in [-0.1, -0.05) is 0 Å². The van der Waals surface area contributed by atoms with Crippen molar-refractivity contribution in [3.05, 3.63) is 0 Å². The summed E-state index contributed by atoms with van der Waals surface area (Å²) < 4.78 is 10.5. The van der Waals surface area contributed by atoms with Gasteiger partial charge in [0.15, 0.2) is 0 Å². The average molecular weight is 140 g/mol. The van der Waals surface area contributed by atoms with Crippen molar-refractivity contribution in [2.24, 2.45) is 0 Å². The van der Waals surface area contributed by atoms with Gasteiger partial charge >= 0.3 is 0 Å². The molecule has 1 saturated heterocycles. The molecule has 2 nitrogen and oxygen atoms in total. The van der Waals surface area contributed by atoms with Gasteiger partial charge in [0.25, 0.3) is 0 Å². The Morgan fingerprint density at radius 2 is 1.80 bits per heavy atom. The van der Waals surface area contributed by atoms with Crippen molar-refractivity contribution in [3.8, 4) is 12.3 Å².